The predicted octanol–water partition coefficient (Wildman–Crippen LogP) is 4.55. The fourth-order valence-corrected chi connectivity index (χ4v) is 2.36. The Bertz CT molecular complexity index is 692. The van der Waals surface area contributed by atoms with Crippen molar-refractivity contribution in [2.24, 2.45) is 0 Å². The molecule has 0 aliphatic heterocycles. The van der Waals surface area contributed by atoms with Crippen LogP contribution < -0.4 is 9.47 Å². The average molecular weight is 314 g/mol. The van der Waals surface area contributed by atoms with Gasteiger partial charge in [0.05, 0.1) is 13.2 Å². The fraction of sp³-hybridized carbons (Fsp3) is 0.316. The number of carboxylic acids is 1. The summed E-state index contributed by atoms with van der Waals surface area (Å²) in [6.45, 7) is 7.03. The summed E-state index contributed by atoms with van der Waals surface area (Å²) >= 11 is 0. The van der Waals surface area contributed by atoms with E-state index < -0.39 is 5.97 Å². The van der Waals surface area contributed by atoms with Gasteiger partial charge in [-0.05, 0) is 61.2 Å². The van der Waals surface area contributed by atoms with Crippen molar-refractivity contribution >= 4 is 5.97 Å². The van der Waals surface area contributed by atoms with E-state index in [4.69, 9.17) is 9.47 Å². The lowest BCUT2D eigenvalue weighted by atomic mass is 10.0. The van der Waals surface area contributed by atoms with E-state index in [0.717, 1.165) is 28.9 Å². The highest BCUT2D eigenvalue weighted by atomic mass is 16.5. The monoisotopic (exact) mass is 314 g/mol. The molecule has 0 atom stereocenters. The molecule has 0 aliphatic carbocycles. The quantitative estimate of drug-likeness (QED) is 0.814. The maximum absolute atomic E-state index is 11.2. The Kier molecular flexibility index (Phi) is 5.63. The summed E-state index contributed by atoms with van der Waals surface area (Å²) in [4.78, 5) is 11.2. The van der Waals surface area contributed by atoms with Gasteiger partial charge < -0.3 is 14.6 Å². The molecule has 2 aromatic rings. The summed E-state index contributed by atoms with van der Waals surface area (Å²) in [5, 5.41) is 9.22. The van der Waals surface area contributed by atoms with Crippen molar-refractivity contribution in [2.45, 2.75) is 27.2 Å². The van der Waals surface area contributed by atoms with Crippen molar-refractivity contribution in [1.29, 1.82) is 0 Å². The molecular weight excluding hydrogens is 292 g/mol. The Morgan fingerprint density at radius 3 is 2.30 bits per heavy atom. The van der Waals surface area contributed by atoms with Gasteiger partial charge in [-0.3, -0.25) is 0 Å². The Morgan fingerprint density at radius 1 is 1.00 bits per heavy atom. The van der Waals surface area contributed by atoms with Crippen LogP contribution in [-0.2, 0) is 0 Å². The molecule has 2 aromatic carbocycles. The number of hydrogen-bond acceptors (Lipinski definition) is 3. The van der Waals surface area contributed by atoms with Gasteiger partial charge >= 0.3 is 5.97 Å². The van der Waals surface area contributed by atoms with E-state index in [1.54, 1.807) is 18.2 Å². The molecule has 2 rings (SSSR count). The summed E-state index contributed by atoms with van der Waals surface area (Å²) in [6, 6.07) is 11.1. The maximum atomic E-state index is 11.2. The standard InChI is InChI=1S/C19H22O4/c1-4-10-23-17-9-7-14(11-13(17)3)15-6-8-16(19(20)21)18(12-15)22-5-2/h6-9,11-12H,4-5,10H2,1-3H3,(H,20,21). The topological polar surface area (TPSA) is 55.8 Å². The fourth-order valence-electron chi connectivity index (χ4n) is 2.36. The van der Waals surface area contributed by atoms with Gasteiger partial charge in [-0.25, -0.2) is 4.79 Å². The maximum Gasteiger partial charge on any atom is 0.339 e. The van der Waals surface area contributed by atoms with Crippen molar-refractivity contribution < 1.29 is 19.4 Å². The summed E-state index contributed by atoms with van der Waals surface area (Å²) in [5.74, 6) is 0.281. The van der Waals surface area contributed by atoms with E-state index >= 15 is 0 Å². The van der Waals surface area contributed by atoms with Crippen molar-refractivity contribution in [3.8, 4) is 22.6 Å². The summed E-state index contributed by atoms with van der Waals surface area (Å²) in [7, 11) is 0. The Labute approximate surface area is 136 Å². The molecule has 0 saturated heterocycles. The molecule has 0 unspecified atom stereocenters. The van der Waals surface area contributed by atoms with Gasteiger partial charge in [-0.2, -0.15) is 0 Å². The number of carbonyl (C=O) groups is 1. The number of benzene rings is 2. The minimum absolute atomic E-state index is 0.176. The SMILES string of the molecule is CCCOc1ccc(-c2ccc(C(=O)O)c(OCC)c2)cc1C. The van der Waals surface area contributed by atoms with E-state index in [0.29, 0.717) is 19.0 Å². The van der Waals surface area contributed by atoms with Crippen LogP contribution in [0.25, 0.3) is 11.1 Å². The third-order valence-corrected chi connectivity index (χ3v) is 3.48. The minimum atomic E-state index is -0.987. The van der Waals surface area contributed by atoms with Crippen LogP contribution in [0.15, 0.2) is 36.4 Å². The molecule has 4 heteroatoms. The lowest BCUT2D eigenvalue weighted by Gasteiger charge is -2.12. The molecule has 0 radical (unpaired) electrons. The van der Waals surface area contributed by atoms with Crippen molar-refractivity contribution in [1.82, 2.24) is 0 Å². The second-order valence-electron chi connectivity index (χ2n) is 5.28. The first-order valence-corrected chi connectivity index (χ1v) is 7.80. The van der Waals surface area contributed by atoms with Gasteiger partial charge in [0.15, 0.2) is 0 Å². The first-order chi connectivity index (χ1) is 11.1. The van der Waals surface area contributed by atoms with E-state index in [1.807, 2.05) is 32.0 Å². The first kappa shape index (κ1) is 16.9. The van der Waals surface area contributed by atoms with E-state index in [-0.39, 0.29) is 5.56 Å². The molecule has 0 aromatic heterocycles. The third-order valence-electron chi connectivity index (χ3n) is 3.48. The lowest BCUT2D eigenvalue weighted by Crippen LogP contribution is -2.03. The van der Waals surface area contributed by atoms with Crippen molar-refractivity contribution in [3.05, 3.63) is 47.5 Å². The molecule has 0 amide bonds. The van der Waals surface area contributed by atoms with Gasteiger partial charge in [0.1, 0.15) is 17.1 Å². The Morgan fingerprint density at radius 2 is 1.70 bits per heavy atom. The molecule has 0 saturated carbocycles. The zero-order valence-electron chi connectivity index (χ0n) is 13.8. The second-order valence-corrected chi connectivity index (χ2v) is 5.28. The Balaban J connectivity index is 2.36. The van der Waals surface area contributed by atoms with Crippen LogP contribution in [0.4, 0.5) is 0 Å². The molecule has 122 valence electrons. The van der Waals surface area contributed by atoms with Crippen LogP contribution in [0, 0.1) is 6.92 Å². The highest BCUT2D eigenvalue weighted by molar-refractivity contribution is 5.92. The van der Waals surface area contributed by atoms with Crippen LogP contribution >= 0.6 is 0 Å². The molecule has 0 aliphatic rings. The number of rotatable bonds is 7. The van der Waals surface area contributed by atoms with E-state index in [9.17, 15) is 9.90 Å². The van der Waals surface area contributed by atoms with Crippen LogP contribution in [0.5, 0.6) is 11.5 Å². The number of aryl methyl sites for hydroxylation is 1. The summed E-state index contributed by atoms with van der Waals surface area (Å²) in [5.41, 5.74) is 3.15. The predicted molar refractivity (Wildman–Crippen MR) is 90.5 cm³/mol. The molecule has 0 heterocycles. The van der Waals surface area contributed by atoms with E-state index in [2.05, 4.69) is 6.92 Å². The highest BCUT2D eigenvalue weighted by Gasteiger charge is 2.13. The normalized spacial score (nSPS) is 10.4. The number of hydrogen-bond donors (Lipinski definition) is 1. The molecule has 0 fully saturated rings. The van der Waals surface area contributed by atoms with Crippen LogP contribution in [0.2, 0.25) is 0 Å². The third kappa shape index (κ3) is 4.03. The molecule has 0 spiro atoms. The van der Waals surface area contributed by atoms with E-state index in [1.165, 1.54) is 0 Å². The second kappa shape index (κ2) is 7.68. The smallest absolute Gasteiger partial charge is 0.339 e. The largest absolute Gasteiger partial charge is 0.493 e. The van der Waals surface area contributed by atoms with Gasteiger partial charge in [0, 0.05) is 0 Å². The average Bonchev–Trinajstić information content (AvgIpc) is 2.53. The van der Waals surface area contributed by atoms with Gasteiger partial charge in [0.2, 0.25) is 0 Å². The molecule has 1 N–H and O–H groups in total. The first-order valence-electron chi connectivity index (χ1n) is 7.80. The number of ether oxygens (including phenoxy) is 2. The van der Waals surface area contributed by atoms with Crippen LogP contribution in [-0.4, -0.2) is 24.3 Å². The van der Waals surface area contributed by atoms with Gasteiger partial charge in [-0.15, -0.1) is 0 Å². The van der Waals surface area contributed by atoms with Crippen molar-refractivity contribution in [3.63, 3.8) is 0 Å². The van der Waals surface area contributed by atoms with Gasteiger partial charge in [0.25, 0.3) is 0 Å². The summed E-state index contributed by atoms with van der Waals surface area (Å²) < 4.78 is 11.1. The molecule has 23 heavy (non-hydrogen) atoms. The Hall–Kier alpha value is -2.49. The van der Waals surface area contributed by atoms with Crippen LogP contribution in [0.1, 0.15) is 36.2 Å². The lowest BCUT2D eigenvalue weighted by molar-refractivity contribution is 0.0692. The molecule has 4 nitrogen and oxygen atoms in total. The zero-order chi connectivity index (χ0) is 16.8. The minimum Gasteiger partial charge on any atom is -0.493 e. The number of carboxylic acid groups (broad SMARTS) is 1. The van der Waals surface area contributed by atoms with Gasteiger partial charge in [-0.1, -0.05) is 19.1 Å². The number of aromatic carboxylic acids is 1. The zero-order valence-corrected chi connectivity index (χ0v) is 13.8. The highest BCUT2D eigenvalue weighted by Crippen LogP contribution is 2.30. The molecular formula is C19H22O4. The van der Waals surface area contributed by atoms with Crippen molar-refractivity contribution in [2.75, 3.05) is 13.2 Å². The summed E-state index contributed by atoms with van der Waals surface area (Å²) in [6.07, 6.45) is 0.968. The van der Waals surface area contributed by atoms with Crippen LogP contribution in [0.3, 0.4) is 0 Å². The molecule has 0 bridgehead atoms.